The summed E-state index contributed by atoms with van der Waals surface area (Å²) < 4.78 is 6.23. The van der Waals surface area contributed by atoms with Crippen molar-refractivity contribution in [3.8, 4) is 5.75 Å². The van der Waals surface area contributed by atoms with Gasteiger partial charge in [-0.25, -0.2) is 0 Å². The van der Waals surface area contributed by atoms with Crippen LogP contribution in [0.3, 0.4) is 0 Å². The standard InChI is InChI=1S/C12H18BrNOS/c1-3-16-8-4-7-14-10-5-6-11(13)12(9-10)15-2/h5-6,9,14H,3-4,7-8H2,1-2H3. The Morgan fingerprint density at radius 2 is 2.25 bits per heavy atom. The van der Waals surface area contributed by atoms with Crippen molar-refractivity contribution in [3.63, 3.8) is 0 Å². The molecule has 1 N–H and O–H groups in total. The largest absolute Gasteiger partial charge is 0.495 e. The Balaban J connectivity index is 2.36. The fraction of sp³-hybridized carbons (Fsp3) is 0.500. The highest BCUT2D eigenvalue weighted by atomic mass is 79.9. The van der Waals surface area contributed by atoms with Gasteiger partial charge in [-0.1, -0.05) is 6.92 Å². The highest BCUT2D eigenvalue weighted by Gasteiger charge is 2.00. The van der Waals surface area contributed by atoms with E-state index in [1.54, 1.807) is 7.11 Å². The molecule has 0 saturated carbocycles. The Labute approximate surface area is 110 Å². The van der Waals surface area contributed by atoms with E-state index < -0.39 is 0 Å². The number of methoxy groups -OCH3 is 1. The van der Waals surface area contributed by atoms with Gasteiger partial charge in [-0.05, 0) is 46.0 Å². The van der Waals surface area contributed by atoms with Gasteiger partial charge in [0.25, 0.3) is 0 Å². The number of ether oxygens (including phenoxy) is 1. The maximum Gasteiger partial charge on any atom is 0.135 e. The molecule has 0 heterocycles. The lowest BCUT2D eigenvalue weighted by Crippen LogP contribution is -2.02. The highest BCUT2D eigenvalue weighted by Crippen LogP contribution is 2.27. The fourth-order valence-corrected chi connectivity index (χ4v) is 2.37. The van der Waals surface area contributed by atoms with E-state index in [2.05, 4.69) is 34.2 Å². The van der Waals surface area contributed by atoms with Crippen LogP contribution in [0, 0.1) is 0 Å². The lowest BCUT2D eigenvalue weighted by Gasteiger charge is -2.09. The second-order valence-corrected chi connectivity index (χ2v) is 5.57. The van der Waals surface area contributed by atoms with E-state index in [-0.39, 0.29) is 0 Å². The van der Waals surface area contributed by atoms with E-state index in [9.17, 15) is 0 Å². The molecular formula is C12H18BrNOS. The molecule has 0 fully saturated rings. The summed E-state index contributed by atoms with van der Waals surface area (Å²) in [4.78, 5) is 0. The number of hydrogen-bond acceptors (Lipinski definition) is 3. The molecule has 16 heavy (non-hydrogen) atoms. The van der Waals surface area contributed by atoms with E-state index >= 15 is 0 Å². The first-order valence-corrected chi connectivity index (χ1v) is 7.38. The Kier molecular flexibility index (Phi) is 6.73. The van der Waals surface area contributed by atoms with Gasteiger partial charge in [0.2, 0.25) is 0 Å². The molecule has 1 rings (SSSR count). The maximum absolute atomic E-state index is 5.24. The minimum atomic E-state index is 0.868. The number of anilines is 1. The molecular weight excluding hydrogens is 286 g/mol. The van der Waals surface area contributed by atoms with E-state index in [0.717, 1.165) is 22.5 Å². The van der Waals surface area contributed by atoms with E-state index in [1.165, 1.54) is 17.9 Å². The average Bonchev–Trinajstić information content (AvgIpc) is 2.31. The second kappa shape index (κ2) is 7.85. The van der Waals surface area contributed by atoms with Gasteiger partial charge in [0.1, 0.15) is 5.75 Å². The summed E-state index contributed by atoms with van der Waals surface area (Å²) in [6, 6.07) is 6.07. The lowest BCUT2D eigenvalue weighted by atomic mass is 10.3. The van der Waals surface area contributed by atoms with Crippen LogP contribution >= 0.6 is 27.7 Å². The van der Waals surface area contributed by atoms with Crippen LogP contribution < -0.4 is 10.1 Å². The molecule has 0 aromatic heterocycles. The van der Waals surface area contributed by atoms with E-state index in [0.29, 0.717) is 0 Å². The summed E-state index contributed by atoms with van der Waals surface area (Å²) in [5.74, 6) is 3.29. The van der Waals surface area contributed by atoms with Gasteiger partial charge >= 0.3 is 0 Å². The summed E-state index contributed by atoms with van der Waals surface area (Å²) in [5.41, 5.74) is 1.11. The monoisotopic (exact) mass is 303 g/mol. The zero-order valence-electron chi connectivity index (χ0n) is 9.75. The summed E-state index contributed by atoms with van der Waals surface area (Å²) >= 11 is 5.42. The molecule has 0 atom stereocenters. The first kappa shape index (κ1) is 13.7. The minimum absolute atomic E-state index is 0.868. The summed E-state index contributed by atoms with van der Waals surface area (Å²) in [6.07, 6.45) is 1.19. The van der Waals surface area contributed by atoms with Gasteiger partial charge in [-0.15, -0.1) is 0 Å². The van der Waals surface area contributed by atoms with Crippen molar-refractivity contribution in [2.75, 3.05) is 30.5 Å². The minimum Gasteiger partial charge on any atom is -0.495 e. The molecule has 0 saturated heterocycles. The van der Waals surface area contributed by atoms with Crippen molar-refractivity contribution in [3.05, 3.63) is 22.7 Å². The van der Waals surface area contributed by atoms with Crippen molar-refractivity contribution in [2.24, 2.45) is 0 Å². The Morgan fingerprint density at radius 1 is 1.44 bits per heavy atom. The third-order valence-corrected chi connectivity index (χ3v) is 3.79. The van der Waals surface area contributed by atoms with Crippen LogP contribution in [0.15, 0.2) is 22.7 Å². The molecule has 0 radical (unpaired) electrons. The molecule has 0 spiro atoms. The van der Waals surface area contributed by atoms with Crippen LogP contribution in [0.2, 0.25) is 0 Å². The van der Waals surface area contributed by atoms with Gasteiger partial charge in [-0.3, -0.25) is 0 Å². The van der Waals surface area contributed by atoms with E-state index in [4.69, 9.17) is 4.74 Å². The van der Waals surface area contributed by atoms with Gasteiger partial charge in [-0.2, -0.15) is 11.8 Å². The van der Waals surface area contributed by atoms with Gasteiger partial charge < -0.3 is 10.1 Å². The zero-order chi connectivity index (χ0) is 11.8. The molecule has 2 nitrogen and oxygen atoms in total. The first-order chi connectivity index (χ1) is 7.77. The zero-order valence-corrected chi connectivity index (χ0v) is 12.2. The topological polar surface area (TPSA) is 21.3 Å². The average molecular weight is 304 g/mol. The number of rotatable bonds is 7. The Morgan fingerprint density at radius 3 is 2.94 bits per heavy atom. The summed E-state index contributed by atoms with van der Waals surface area (Å²) in [6.45, 7) is 3.20. The van der Waals surface area contributed by atoms with Crippen molar-refractivity contribution < 1.29 is 4.74 Å². The molecule has 1 aromatic carbocycles. The molecule has 0 amide bonds. The number of hydrogen-bond donors (Lipinski definition) is 1. The van der Waals surface area contributed by atoms with Crippen LogP contribution in [-0.2, 0) is 0 Å². The Hall–Kier alpha value is -0.350. The van der Waals surface area contributed by atoms with E-state index in [1.807, 2.05) is 23.9 Å². The van der Waals surface area contributed by atoms with Crippen LogP contribution in [0.1, 0.15) is 13.3 Å². The molecule has 90 valence electrons. The smallest absolute Gasteiger partial charge is 0.135 e. The molecule has 0 unspecified atom stereocenters. The summed E-state index contributed by atoms with van der Waals surface area (Å²) in [5, 5.41) is 3.39. The first-order valence-electron chi connectivity index (χ1n) is 5.43. The fourth-order valence-electron chi connectivity index (χ4n) is 1.32. The van der Waals surface area contributed by atoms with Crippen LogP contribution in [0.25, 0.3) is 0 Å². The van der Waals surface area contributed by atoms with Crippen LogP contribution in [0.5, 0.6) is 5.75 Å². The van der Waals surface area contributed by atoms with Gasteiger partial charge in [0, 0.05) is 18.3 Å². The quantitative estimate of drug-likeness (QED) is 0.769. The number of nitrogens with one attached hydrogen (secondary N) is 1. The summed E-state index contributed by atoms with van der Waals surface area (Å²) in [7, 11) is 1.68. The molecule has 0 aliphatic carbocycles. The molecule has 0 aliphatic heterocycles. The normalized spacial score (nSPS) is 10.2. The lowest BCUT2D eigenvalue weighted by molar-refractivity contribution is 0.412. The van der Waals surface area contributed by atoms with Crippen LogP contribution in [0.4, 0.5) is 5.69 Å². The second-order valence-electron chi connectivity index (χ2n) is 3.33. The van der Waals surface area contributed by atoms with Crippen LogP contribution in [-0.4, -0.2) is 25.2 Å². The predicted molar refractivity (Wildman–Crippen MR) is 76.8 cm³/mol. The SMILES string of the molecule is CCSCCCNc1ccc(Br)c(OC)c1. The molecule has 0 bridgehead atoms. The van der Waals surface area contributed by atoms with Crippen molar-refractivity contribution in [2.45, 2.75) is 13.3 Å². The molecule has 0 aliphatic rings. The Bertz CT molecular complexity index is 320. The van der Waals surface area contributed by atoms with Crippen molar-refractivity contribution >= 4 is 33.4 Å². The number of halogens is 1. The molecule has 1 aromatic rings. The van der Waals surface area contributed by atoms with Gasteiger partial charge in [0.15, 0.2) is 0 Å². The maximum atomic E-state index is 5.24. The predicted octanol–water partition coefficient (Wildman–Crippen LogP) is 4.01. The number of thioether (sulfide) groups is 1. The van der Waals surface area contributed by atoms with Crippen molar-refractivity contribution in [1.82, 2.24) is 0 Å². The molecule has 4 heteroatoms. The third kappa shape index (κ3) is 4.66. The third-order valence-electron chi connectivity index (χ3n) is 2.15. The number of benzene rings is 1. The van der Waals surface area contributed by atoms with Crippen molar-refractivity contribution in [1.29, 1.82) is 0 Å². The highest BCUT2D eigenvalue weighted by molar-refractivity contribution is 9.10. The van der Waals surface area contributed by atoms with Gasteiger partial charge in [0.05, 0.1) is 11.6 Å².